The van der Waals surface area contributed by atoms with Crippen LogP contribution in [0.4, 0.5) is 0 Å². The smallest absolute Gasteiger partial charge is 0.216 e. The molecule has 42 heavy (non-hydrogen) atoms. The van der Waals surface area contributed by atoms with Gasteiger partial charge in [0.2, 0.25) is 5.90 Å². The van der Waals surface area contributed by atoms with Crippen LogP contribution in [-0.4, -0.2) is 28.1 Å². The zero-order chi connectivity index (χ0) is 30.0. The Kier molecular flexibility index (Phi) is 6.68. The second-order valence-electron chi connectivity index (χ2n) is 13.8. The Morgan fingerprint density at radius 2 is 1.52 bits per heavy atom. The van der Waals surface area contributed by atoms with Crippen LogP contribution < -0.4 is 4.74 Å². The first-order valence-electron chi connectivity index (χ1n) is 14.9. The van der Waals surface area contributed by atoms with Gasteiger partial charge in [0.1, 0.15) is 23.9 Å². The maximum absolute atomic E-state index is 6.60. The lowest BCUT2D eigenvalue weighted by atomic mass is 9.86. The summed E-state index contributed by atoms with van der Waals surface area (Å²) < 4.78 is 14.8. The Labute approximate surface area is 249 Å². The van der Waals surface area contributed by atoms with Gasteiger partial charge < -0.3 is 9.47 Å². The average Bonchev–Trinajstić information content (AvgIpc) is 3.49. The third kappa shape index (κ3) is 5.06. The van der Waals surface area contributed by atoms with Gasteiger partial charge in [-0.2, -0.15) is 0 Å². The van der Waals surface area contributed by atoms with Gasteiger partial charge in [-0.25, -0.2) is 9.98 Å². The number of fused-ring (bicyclic) bond motifs is 3. The zero-order valence-corrected chi connectivity index (χ0v) is 26.3. The number of rotatable bonds is 4. The molecule has 3 aromatic carbocycles. The Morgan fingerprint density at radius 1 is 0.786 bits per heavy atom. The molecule has 5 nitrogen and oxygen atoms in total. The molecular formula is C37H41N3O2. The van der Waals surface area contributed by atoms with Crippen molar-refractivity contribution in [3.05, 3.63) is 94.7 Å². The summed E-state index contributed by atoms with van der Waals surface area (Å²) >= 11 is 0. The number of hydrogen-bond acceptors (Lipinski definition) is 4. The minimum Gasteiger partial charge on any atom is -0.475 e. The second-order valence-corrected chi connectivity index (χ2v) is 13.8. The van der Waals surface area contributed by atoms with E-state index in [0.717, 1.165) is 45.0 Å². The first-order chi connectivity index (χ1) is 19.8. The zero-order valence-electron chi connectivity index (χ0n) is 26.3. The Bertz CT molecular complexity index is 1860. The van der Waals surface area contributed by atoms with Crippen molar-refractivity contribution in [1.29, 1.82) is 0 Å². The number of aryl methyl sites for hydroxylation is 2. The third-order valence-electron chi connectivity index (χ3n) is 8.22. The predicted octanol–water partition coefficient (Wildman–Crippen LogP) is 9.35. The second kappa shape index (κ2) is 10.0. The Balaban J connectivity index is 1.52. The molecular weight excluding hydrogens is 518 g/mol. The number of aromatic nitrogens is 2. The summed E-state index contributed by atoms with van der Waals surface area (Å²) in [6.07, 6.45) is 1.92. The molecule has 0 aliphatic carbocycles. The van der Waals surface area contributed by atoms with Gasteiger partial charge in [0.05, 0.1) is 17.1 Å². The van der Waals surface area contributed by atoms with Crippen LogP contribution in [0.15, 0.2) is 71.9 Å². The van der Waals surface area contributed by atoms with E-state index in [-0.39, 0.29) is 16.9 Å². The number of ether oxygens (including phenoxy) is 2. The molecule has 0 N–H and O–H groups in total. The highest BCUT2D eigenvalue weighted by Crippen LogP contribution is 2.38. The van der Waals surface area contributed by atoms with E-state index in [0.29, 0.717) is 12.5 Å². The van der Waals surface area contributed by atoms with Gasteiger partial charge in [-0.05, 0) is 96.3 Å². The molecule has 0 amide bonds. The molecule has 0 radical (unpaired) electrons. The van der Waals surface area contributed by atoms with Crippen molar-refractivity contribution in [2.45, 2.75) is 79.2 Å². The quantitative estimate of drug-likeness (QED) is 0.220. The van der Waals surface area contributed by atoms with Gasteiger partial charge in [0, 0.05) is 28.6 Å². The first-order valence-corrected chi connectivity index (χ1v) is 14.9. The maximum Gasteiger partial charge on any atom is 0.216 e. The van der Waals surface area contributed by atoms with E-state index in [4.69, 9.17) is 14.5 Å². The molecule has 6 rings (SSSR count). The van der Waals surface area contributed by atoms with Crippen molar-refractivity contribution in [3.8, 4) is 17.3 Å². The maximum atomic E-state index is 6.60. The fourth-order valence-electron chi connectivity index (χ4n) is 5.71. The van der Waals surface area contributed by atoms with E-state index >= 15 is 0 Å². The molecule has 216 valence electrons. The molecule has 2 aromatic heterocycles. The molecule has 1 aliphatic rings. The van der Waals surface area contributed by atoms with Crippen molar-refractivity contribution >= 4 is 27.7 Å². The standard InChI is InChI=1S/C37H41N3O2/c1-22-16-23(2)33(20-29(22)35-39-24(3)21-41-35)42-27-11-12-28-30-17-25(36(4,5)6)10-13-31(30)40(32(28)19-27)34-18-26(14-15-38-34)37(7,8)9/h10-20,24H,21H2,1-9H3/t24-/m1/s1. The van der Waals surface area contributed by atoms with Crippen LogP contribution in [-0.2, 0) is 15.6 Å². The summed E-state index contributed by atoms with van der Waals surface area (Å²) in [7, 11) is 0. The molecule has 0 saturated carbocycles. The molecule has 1 atom stereocenters. The van der Waals surface area contributed by atoms with Gasteiger partial charge in [0.25, 0.3) is 0 Å². The summed E-state index contributed by atoms with van der Waals surface area (Å²) in [5.41, 5.74) is 7.98. The number of pyridine rings is 1. The van der Waals surface area contributed by atoms with E-state index in [1.165, 1.54) is 21.9 Å². The van der Waals surface area contributed by atoms with E-state index in [2.05, 4.69) is 133 Å². The van der Waals surface area contributed by atoms with E-state index in [1.54, 1.807) is 0 Å². The highest BCUT2D eigenvalue weighted by atomic mass is 16.5. The van der Waals surface area contributed by atoms with Crippen LogP contribution in [0, 0.1) is 13.8 Å². The Morgan fingerprint density at radius 3 is 2.21 bits per heavy atom. The largest absolute Gasteiger partial charge is 0.475 e. The van der Waals surface area contributed by atoms with Gasteiger partial charge in [0.15, 0.2) is 0 Å². The SMILES string of the molecule is Cc1cc(C)c(C2=N[C@H](C)CO2)cc1Oc1ccc2c3cc(C(C)(C)C)ccc3n(-c3cc(C(C)(C)C)ccn3)c2c1. The topological polar surface area (TPSA) is 48.6 Å². The molecule has 0 saturated heterocycles. The molecule has 0 fully saturated rings. The Hall–Kier alpha value is -4.12. The molecule has 0 bridgehead atoms. The van der Waals surface area contributed by atoms with Crippen molar-refractivity contribution in [2.75, 3.05) is 6.61 Å². The summed E-state index contributed by atoms with van der Waals surface area (Å²) in [5.74, 6) is 3.17. The molecule has 3 heterocycles. The van der Waals surface area contributed by atoms with Gasteiger partial charge in [-0.1, -0.05) is 53.7 Å². The monoisotopic (exact) mass is 559 g/mol. The lowest BCUT2D eigenvalue weighted by molar-refractivity contribution is 0.324. The summed E-state index contributed by atoms with van der Waals surface area (Å²) in [6, 6.07) is 21.9. The molecule has 5 aromatic rings. The van der Waals surface area contributed by atoms with Crippen molar-refractivity contribution in [3.63, 3.8) is 0 Å². The van der Waals surface area contributed by atoms with Gasteiger partial charge >= 0.3 is 0 Å². The van der Waals surface area contributed by atoms with Gasteiger partial charge in [-0.15, -0.1) is 0 Å². The number of hydrogen-bond donors (Lipinski definition) is 0. The summed E-state index contributed by atoms with van der Waals surface area (Å²) in [4.78, 5) is 9.55. The predicted molar refractivity (Wildman–Crippen MR) is 174 cm³/mol. The van der Waals surface area contributed by atoms with Crippen LogP contribution >= 0.6 is 0 Å². The normalized spacial score (nSPS) is 15.7. The van der Waals surface area contributed by atoms with Gasteiger partial charge in [-0.3, -0.25) is 4.57 Å². The number of aliphatic imine (C=N–C) groups is 1. The lowest BCUT2D eigenvalue weighted by Crippen LogP contribution is -2.12. The van der Waals surface area contributed by atoms with Crippen molar-refractivity contribution in [2.24, 2.45) is 4.99 Å². The minimum atomic E-state index is 0.00984. The fourth-order valence-corrected chi connectivity index (χ4v) is 5.71. The molecule has 1 aliphatic heterocycles. The van der Waals surface area contributed by atoms with Crippen molar-refractivity contribution < 1.29 is 9.47 Å². The summed E-state index contributed by atoms with van der Waals surface area (Å²) in [6.45, 7) is 20.3. The van der Waals surface area contributed by atoms with Crippen LogP contribution in [0.5, 0.6) is 11.5 Å². The lowest BCUT2D eigenvalue weighted by Gasteiger charge is -2.20. The highest BCUT2D eigenvalue weighted by molar-refractivity contribution is 6.09. The van der Waals surface area contributed by atoms with E-state index < -0.39 is 0 Å². The number of nitrogens with zero attached hydrogens (tertiary/aromatic N) is 3. The van der Waals surface area contributed by atoms with Crippen LogP contribution in [0.1, 0.15) is 76.3 Å². The third-order valence-corrected chi connectivity index (χ3v) is 8.22. The van der Waals surface area contributed by atoms with Crippen molar-refractivity contribution in [1.82, 2.24) is 9.55 Å². The van der Waals surface area contributed by atoms with E-state index in [9.17, 15) is 0 Å². The minimum absolute atomic E-state index is 0.00984. The summed E-state index contributed by atoms with van der Waals surface area (Å²) in [5, 5.41) is 2.39. The first kappa shape index (κ1) is 28.0. The fraction of sp³-hybridized carbons (Fsp3) is 0.351. The molecule has 0 unspecified atom stereocenters. The highest BCUT2D eigenvalue weighted by Gasteiger charge is 2.22. The number of benzene rings is 3. The molecule has 5 heteroatoms. The van der Waals surface area contributed by atoms with Crippen LogP contribution in [0.25, 0.3) is 27.6 Å². The molecule has 0 spiro atoms. The van der Waals surface area contributed by atoms with Crippen LogP contribution in [0.2, 0.25) is 0 Å². The average molecular weight is 560 g/mol. The van der Waals surface area contributed by atoms with Crippen LogP contribution in [0.3, 0.4) is 0 Å². The van der Waals surface area contributed by atoms with E-state index in [1.807, 2.05) is 6.20 Å².